The predicted molar refractivity (Wildman–Crippen MR) is 98.2 cm³/mol. The molecule has 0 bridgehead atoms. The number of hydrogen-bond donors (Lipinski definition) is 2. The van der Waals surface area contributed by atoms with Gasteiger partial charge in [0, 0.05) is 48.6 Å². The number of methoxy groups -OCH3 is 1. The van der Waals surface area contributed by atoms with Gasteiger partial charge in [-0.05, 0) is 30.9 Å². The molecule has 2 N–H and O–H groups in total. The standard InChI is InChI=1S/C21H26N2O2/c1-3-20-9-6-11-23-12-10-21(19(20)23)15-7-4-5-8-16(15)22-17(21)14(13-20)18(24)25-2/h4-9,18-19,22,24H,3,10-13H2,1-2H3/t18?,19-,20-,21-/m0/s1. The number of aliphatic hydroxyl groups is 1. The van der Waals surface area contributed by atoms with E-state index >= 15 is 0 Å². The molecule has 4 aliphatic rings. The van der Waals surface area contributed by atoms with E-state index in [1.807, 2.05) is 0 Å². The molecule has 1 aromatic carbocycles. The fourth-order valence-electron chi connectivity index (χ4n) is 6.12. The lowest BCUT2D eigenvalue weighted by Crippen LogP contribution is -2.58. The average molecular weight is 338 g/mol. The van der Waals surface area contributed by atoms with Gasteiger partial charge in [0.1, 0.15) is 0 Å². The van der Waals surface area contributed by atoms with E-state index in [0.29, 0.717) is 6.04 Å². The second-order valence-electron chi connectivity index (χ2n) is 7.94. The summed E-state index contributed by atoms with van der Waals surface area (Å²) in [5.41, 5.74) is 4.84. The molecule has 1 saturated heterocycles. The lowest BCUT2D eigenvalue weighted by Gasteiger charge is -2.54. The number of nitrogens with zero attached hydrogens (tertiary/aromatic N) is 1. The third-order valence-corrected chi connectivity index (χ3v) is 7.09. The molecular formula is C21H26N2O2. The minimum absolute atomic E-state index is 0.0511. The van der Waals surface area contributed by atoms with Gasteiger partial charge in [0.15, 0.2) is 6.29 Å². The number of hydrogen-bond acceptors (Lipinski definition) is 4. The van der Waals surface area contributed by atoms with Gasteiger partial charge in [-0.15, -0.1) is 0 Å². The number of para-hydroxylation sites is 1. The van der Waals surface area contributed by atoms with Crippen molar-refractivity contribution < 1.29 is 9.84 Å². The van der Waals surface area contributed by atoms with E-state index in [9.17, 15) is 5.11 Å². The summed E-state index contributed by atoms with van der Waals surface area (Å²) in [5, 5.41) is 14.4. The van der Waals surface area contributed by atoms with Gasteiger partial charge < -0.3 is 15.2 Å². The first-order valence-electron chi connectivity index (χ1n) is 9.39. The van der Waals surface area contributed by atoms with Gasteiger partial charge in [-0.25, -0.2) is 0 Å². The van der Waals surface area contributed by atoms with Crippen molar-refractivity contribution >= 4 is 5.69 Å². The topological polar surface area (TPSA) is 44.7 Å². The summed E-state index contributed by atoms with van der Waals surface area (Å²) in [6, 6.07) is 9.14. The summed E-state index contributed by atoms with van der Waals surface area (Å²) in [5.74, 6) is 0. The van der Waals surface area contributed by atoms with Gasteiger partial charge in [0.25, 0.3) is 0 Å². The number of anilines is 1. The molecule has 4 nitrogen and oxygen atoms in total. The molecule has 0 aromatic heterocycles. The molecule has 1 spiro atoms. The average Bonchev–Trinajstić information content (AvgIpc) is 3.21. The van der Waals surface area contributed by atoms with Crippen molar-refractivity contribution in [1.29, 1.82) is 0 Å². The summed E-state index contributed by atoms with van der Waals surface area (Å²) in [6.45, 7) is 4.42. The Bertz CT molecular complexity index is 786. The van der Waals surface area contributed by atoms with Crippen LogP contribution in [-0.2, 0) is 10.2 Å². The molecule has 1 aliphatic carbocycles. The highest BCUT2D eigenvalue weighted by Crippen LogP contribution is 2.64. The van der Waals surface area contributed by atoms with Gasteiger partial charge >= 0.3 is 0 Å². The largest absolute Gasteiger partial charge is 0.364 e. The molecule has 1 unspecified atom stereocenters. The zero-order chi connectivity index (χ0) is 17.2. The van der Waals surface area contributed by atoms with Crippen LogP contribution in [0, 0.1) is 5.41 Å². The Morgan fingerprint density at radius 1 is 1.40 bits per heavy atom. The van der Waals surface area contributed by atoms with Crippen molar-refractivity contribution in [2.24, 2.45) is 5.41 Å². The summed E-state index contributed by atoms with van der Waals surface area (Å²) in [6.07, 6.45) is 6.94. The highest BCUT2D eigenvalue weighted by molar-refractivity contribution is 5.72. The van der Waals surface area contributed by atoms with E-state index in [2.05, 4.69) is 53.6 Å². The Labute approximate surface area is 149 Å². The third-order valence-electron chi connectivity index (χ3n) is 7.09. The fraction of sp³-hybridized carbons (Fsp3) is 0.524. The molecular weight excluding hydrogens is 312 g/mol. The van der Waals surface area contributed by atoms with E-state index in [-0.39, 0.29) is 10.8 Å². The summed E-state index contributed by atoms with van der Waals surface area (Å²) in [7, 11) is 1.59. The summed E-state index contributed by atoms with van der Waals surface area (Å²) >= 11 is 0. The number of benzene rings is 1. The first kappa shape index (κ1) is 15.6. The van der Waals surface area contributed by atoms with Crippen LogP contribution in [0.2, 0.25) is 0 Å². The SMILES string of the molecule is CC[C@]12C=CCN3CC[C@]4(C(=C(C(O)OC)C1)Nc1ccccc14)[C@@H]32. The van der Waals surface area contributed by atoms with Gasteiger partial charge in [0.2, 0.25) is 0 Å². The Balaban J connectivity index is 1.82. The van der Waals surface area contributed by atoms with E-state index in [1.54, 1.807) is 7.11 Å². The molecule has 0 amide bonds. The van der Waals surface area contributed by atoms with Crippen LogP contribution in [-0.4, -0.2) is 42.5 Å². The first-order chi connectivity index (χ1) is 12.2. The number of rotatable bonds is 3. The Morgan fingerprint density at radius 3 is 3.04 bits per heavy atom. The highest BCUT2D eigenvalue weighted by atomic mass is 16.6. The van der Waals surface area contributed by atoms with Crippen LogP contribution >= 0.6 is 0 Å². The lowest BCUT2D eigenvalue weighted by atomic mass is 9.55. The monoisotopic (exact) mass is 338 g/mol. The smallest absolute Gasteiger partial charge is 0.178 e. The second-order valence-corrected chi connectivity index (χ2v) is 7.94. The van der Waals surface area contributed by atoms with Crippen molar-refractivity contribution in [3.63, 3.8) is 0 Å². The van der Waals surface area contributed by atoms with Gasteiger partial charge in [-0.1, -0.05) is 37.3 Å². The predicted octanol–water partition coefficient (Wildman–Crippen LogP) is 3.01. The van der Waals surface area contributed by atoms with Crippen LogP contribution in [0.4, 0.5) is 5.69 Å². The molecule has 1 fully saturated rings. The molecule has 3 heterocycles. The summed E-state index contributed by atoms with van der Waals surface area (Å²) < 4.78 is 5.39. The zero-order valence-corrected chi connectivity index (χ0v) is 15.0. The quantitative estimate of drug-likeness (QED) is 0.657. The van der Waals surface area contributed by atoms with Gasteiger partial charge in [-0.3, -0.25) is 4.90 Å². The molecule has 1 aromatic rings. The van der Waals surface area contributed by atoms with Crippen LogP contribution in [0.25, 0.3) is 0 Å². The van der Waals surface area contributed by atoms with Crippen LogP contribution < -0.4 is 5.32 Å². The number of nitrogens with one attached hydrogen (secondary N) is 1. The van der Waals surface area contributed by atoms with Crippen molar-refractivity contribution in [2.45, 2.75) is 43.9 Å². The number of fused-ring (bicyclic) bond motifs is 1. The molecule has 0 radical (unpaired) electrons. The van der Waals surface area contributed by atoms with Crippen LogP contribution in [0.15, 0.2) is 47.7 Å². The molecule has 4 heteroatoms. The van der Waals surface area contributed by atoms with Gasteiger partial charge in [-0.2, -0.15) is 0 Å². The maximum atomic E-state index is 10.7. The minimum Gasteiger partial charge on any atom is -0.364 e. The molecule has 3 aliphatic heterocycles. The van der Waals surface area contributed by atoms with Gasteiger partial charge in [0.05, 0.1) is 5.41 Å². The Kier molecular flexibility index (Phi) is 3.25. The summed E-state index contributed by atoms with van der Waals surface area (Å²) in [4.78, 5) is 2.66. The van der Waals surface area contributed by atoms with E-state index < -0.39 is 6.29 Å². The lowest BCUT2D eigenvalue weighted by molar-refractivity contribution is -0.0567. The number of ether oxygens (including phenoxy) is 1. The maximum absolute atomic E-state index is 10.7. The molecule has 132 valence electrons. The van der Waals surface area contributed by atoms with Crippen LogP contribution in [0.5, 0.6) is 0 Å². The maximum Gasteiger partial charge on any atom is 0.178 e. The van der Waals surface area contributed by atoms with Crippen molar-refractivity contribution in [3.8, 4) is 0 Å². The number of aliphatic hydroxyl groups excluding tert-OH is 1. The fourth-order valence-corrected chi connectivity index (χ4v) is 6.12. The van der Waals surface area contributed by atoms with E-state index in [0.717, 1.165) is 37.9 Å². The van der Waals surface area contributed by atoms with Crippen molar-refractivity contribution in [3.05, 3.63) is 53.3 Å². The molecule has 5 rings (SSSR count). The van der Waals surface area contributed by atoms with Crippen molar-refractivity contribution in [1.82, 2.24) is 4.90 Å². The first-order valence-corrected chi connectivity index (χ1v) is 9.39. The Hall–Kier alpha value is -1.62. The molecule has 4 atom stereocenters. The Morgan fingerprint density at radius 2 is 2.24 bits per heavy atom. The third kappa shape index (κ3) is 1.77. The van der Waals surface area contributed by atoms with Crippen LogP contribution in [0.3, 0.4) is 0 Å². The zero-order valence-electron chi connectivity index (χ0n) is 15.0. The minimum atomic E-state index is -0.845. The van der Waals surface area contributed by atoms with E-state index in [4.69, 9.17) is 4.74 Å². The van der Waals surface area contributed by atoms with Crippen LogP contribution in [0.1, 0.15) is 31.7 Å². The second kappa shape index (κ2) is 5.19. The molecule has 0 saturated carbocycles. The normalized spacial score (nSPS) is 36.7. The van der Waals surface area contributed by atoms with Crippen molar-refractivity contribution in [2.75, 3.05) is 25.5 Å². The van der Waals surface area contributed by atoms with E-state index in [1.165, 1.54) is 16.9 Å². The highest BCUT2D eigenvalue weighted by Gasteiger charge is 2.65. The molecule has 25 heavy (non-hydrogen) atoms.